The van der Waals surface area contributed by atoms with E-state index in [1.54, 1.807) is 0 Å². The van der Waals surface area contributed by atoms with Crippen molar-refractivity contribution in [3.8, 4) is 0 Å². The molecule has 0 fully saturated rings. The molecule has 186 valence electrons. The summed E-state index contributed by atoms with van der Waals surface area (Å²) in [5.41, 5.74) is 3.87. The Morgan fingerprint density at radius 1 is 0.605 bits per heavy atom. The lowest BCUT2D eigenvalue weighted by molar-refractivity contribution is 0.499. The molecule has 2 nitrogen and oxygen atoms in total. The number of hydrogen-bond acceptors (Lipinski definition) is 2. The summed E-state index contributed by atoms with van der Waals surface area (Å²) >= 11 is 0. The number of amidine groups is 1. The first-order valence-electron chi connectivity index (χ1n) is 13.2. The van der Waals surface area contributed by atoms with Gasteiger partial charge in [-0.1, -0.05) is 146 Å². The number of aliphatic imine (C=N–C) groups is 1. The molecule has 6 rings (SSSR count). The van der Waals surface area contributed by atoms with Gasteiger partial charge in [-0.3, -0.25) is 4.99 Å². The molecule has 1 heterocycles. The van der Waals surface area contributed by atoms with Crippen LogP contribution < -0.4 is 15.9 Å². The third-order valence-electron chi connectivity index (χ3n) is 7.22. The summed E-state index contributed by atoms with van der Waals surface area (Å²) in [6, 6.07) is 52.5. The molecule has 0 saturated carbocycles. The Hall–Kier alpha value is -4.00. The van der Waals surface area contributed by atoms with E-state index in [4.69, 9.17) is 4.99 Å². The number of likely N-dealkylation sites (N-methyl/N-ethyl adjacent to an activating group) is 1. The standard InChI is InChI=1S/C35H31N2P/c1-37-26-32(36-35(37)34(27-16-6-2-7-17-27)28-18-8-3-9-19-28)31-24-14-15-25-33(31)38(29-20-10-4-11-21-29)30-22-12-5-13-23-30/h2-25,32,34H,26H2,1H3/t32-/m1/s1. The molecule has 5 aromatic carbocycles. The van der Waals surface area contributed by atoms with Crippen LogP contribution in [0.1, 0.15) is 28.7 Å². The highest BCUT2D eigenvalue weighted by atomic mass is 31.1. The minimum Gasteiger partial charge on any atom is -0.360 e. The average molecular weight is 511 g/mol. The largest absolute Gasteiger partial charge is 0.360 e. The number of nitrogens with zero attached hydrogens (tertiary/aromatic N) is 2. The Labute approximate surface area is 227 Å². The molecule has 0 amide bonds. The molecule has 3 heteroatoms. The second-order valence-electron chi connectivity index (χ2n) is 9.70. The van der Waals surface area contributed by atoms with E-state index in [2.05, 4.69) is 158 Å². The molecule has 0 N–H and O–H groups in total. The van der Waals surface area contributed by atoms with E-state index in [0.29, 0.717) is 0 Å². The summed E-state index contributed by atoms with van der Waals surface area (Å²) in [4.78, 5) is 7.84. The van der Waals surface area contributed by atoms with Crippen LogP contribution in [-0.2, 0) is 0 Å². The predicted octanol–water partition coefficient (Wildman–Crippen LogP) is 6.66. The summed E-state index contributed by atoms with van der Waals surface area (Å²) < 4.78 is 0. The maximum Gasteiger partial charge on any atom is 0.112 e. The lowest BCUT2D eigenvalue weighted by Gasteiger charge is -2.25. The Balaban J connectivity index is 1.45. The maximum absolute atomic E-state index is 5.48. The number of benzene rings is 5. The second-order valence-corrected chi connectivity index (χ2v) is 11.9. The minimum atomic E-state index is -0.702. The van der Waals surface area contributed by atoms with Crippen molar-refractivity contribution < 1.29 is 0 Å². The van der Waals surface area contributed by atoms with Crippen molar-refractivity contribution in [1.29, 1.82) is 0 Å². The number of hydrogen-bond donors (Lipinski definition) is 0. The van der Waals surface area contributed by atoms with Crippen molar-refractivity contribution in [3.05, 3.63) is 162 Å². The van der Waals surface area contributed by atoms with E-state index in [1.165, 1.54) is 32.6 Å². The smallest absolute Gasteiger partial charge is 0.112 e. The van der Waals surface area contributed by atoms with Gasteiger partial charge in [0.05, 0.1) is 12.0 Å². The summed E-state index contributed by atoms with van der Waals surface area (Å²) in [6.45, 7) is 0.870. The van der Waals surface area contributed by atoms with Crippen LogP contribution in [0.25, 0.3) is 0 Å². The highest BCUT2D eigenvalue weighted by molar-refractivity contribution is 7.79. The molecule has 5 aromatic rings. The molecular weight excluding hydrogens is 479 g/mol. The molecule has 0 bridgehead atoms. The fraction of sp³-hybridized carbons (Fsp3) is 0.114. The van der Waals surface area contributed by atoms with Gasteiger partial charge in [0.1, 0.15) is 5.84 Å². The highest BCUT2D eigenvalue weighted by Gasteiger charge is 2.33. The third-order valence-corrected chi connectivity index (χ3v) is 9.73. The van der Waals surface area contributed by atoms with Gasteiger partial charge in [-0.05, 0) is 40.5 Å². The van der Waals surface area contributed by atoms with Crippen LogP contribution in [-0.4, -0.2) is 24.3 Å². The van der Waals surface area contributed by atoms with Gasteiger partial charge >= 0.3 is 0 Å². The maximum atomic E-state index is 5.48. The van der Waals surface area contributed by atoms with Gasteiger partial charge in [0, 0.05) is 13.6 Å². The molecule has 1 atom stereocenters. The van der Waals surface area contributed by atoms with E-state index < -0.39 is 7.92 Å². The van der Waals surface area contributed by atoms with Crippen molar-refractivity contribution in [2.24, 2.45) is 4.99 Å². The van der Waals surface area contributed by atoms with E-state index in [-0.39, 0.29) is 12.0 Å². The van der Waals surface area contributed by atoms with E-state index in [9.17, 15) is 0 Å². The van der Waals surface area contributed by atoms with Crippen molar-refractivity contribution in [2.45, 2.75) is 12.0 Å². The molecular formula is C35H31N2P. The third kappa shape index (κ3) is 4.93. The molecule has 0 spiro atoms. The van der Waals surface area contributed by atoms with Crippen LogP contribution in [0.3, 0.4) is 0 Å². The SMILES string of the molecule is CN1C[C@H](c2ccccc2P(c2ccccc2)c2ccccc2)N=C1C(c1ccccc1)c1ccccc1. The first kappa shape index (κ1) is 24.3. The minimum absolute atomic E-state index is 0.0820. The van der Waals surface area contributed by atoms with Gasteiger partial charge in [-0.25, -0.2) is 0 Å². The second kappa shape index (κ2) is 11.2. The summed E-state index contributed by atoms with van der Waals surface area (Å²) in [5, 5.41) is 4.12. The Bertz CT molecular complexity index is 1420. The molecule has 0 saturated heterocycles. The Morgan fingerprint density at radius 3 is 1.58 bits per heavy atom. The van der Waals surface area contributed by atoms with Gasteiger partial charge in [0.2, 0.25) is 0 Å². The van der Waals surface area contributed by atoms with Crippen LogP contribution in [0.15, 0.2) is 151 Å². The molecule has 0 aromatic heterocycles. The summed E-state index contributed by atoms with van der Waals surface area (Å²) in [7, 11) is 1.49. The average Bonchev–Trinajstić information content (AvgIpc) is 3.36. The number of rotatable bonds is 7. The van der Waals surface area contributed by atoms with Crippen LogP contribution in [0, 0.1) is 0 Å². The van der Waals surface area contributed by atoms with Crippen LogP contribution >= 0.6 is 7.92 Å². The highest BCUT2D eigenvalue weighted by Crippen LogP contribution is 2.39. The first-order chi connectivity index (χ1) is 18.8. The fourth-order valence-electron chi connectivity index (χ4n) is 5.45. The summed E-state index contributed by atoms with van der Waals surface area (Å²) in [5.74, 6) is 1.23. The summed E-state index contributed by atoms with van der Waals surface area (Å²) in [6.07, 6.45) is 0. The topological polar surface area (TPSA) is 15.6 Å². The van der Waals surface area contributed by atoms with Crippen molar-refractivity contribution in [2.75, 3.05) is 13.6 Å². The van der Waals surface area contributed by atoms with Gasteiger partial charge in [0.15, 0.2) is 0 Å². The van der Waals surface area contributed by atoms with Crippen molar-refractivity contribution >= 4 is 29.7 Å². The van der Waals surface area contributed by atoms with Crippen LogP contribution in [0.2, 0.25) is 0 Å². The zero-order chi connectivity index (χ0) is 25.7. The van der Waals surface area contributed by atoms with E-state index in [0.717, 1.165) is 12.4 Å². The van der Waals surface area contributed by atoms with Crippen molar-refractivity contribution in [3.63, 3.8) is 0 Å². The zero-order valence-electron chi connectivity index (χ0n) is 21.6. The van der Waals surface area contributed by atoms with Crippen LogP contribution in [0.4, 0.5) is 0 Å². The molecule has 1 aliphatic heterocycles. The first-order valence-corrected chi connectivity index (χ1v) is 14.5. The van der Waals surface area contributed by atoms with Gasteiger partial charge in [-0.2, -0.15) is 0 Å². The molecule has 0 radical (unpaired) electrons. The van der Waals surface area contributed by atoms with Gasteiger partial charge in [-0.15, -0.1) is 0 Å². The van der Waals surface area contributed by atoms with Gasteiger partial charge < -0.3 is 4.90 Å². The van der Waals surface area contributed by atoms with Crippen molar-refractivity contribution in [1.82, 2.24) is 4.90 Å². The van der Waals surface area contributed by atoms with E-state index in [1.807, 2.05) is 0 Å². The predicted molar refractivity (Wildman–Crippen MR) is 163 cm³/mol. The molecule has 38 heavy (non-hydrogen) atoms. The lowest BCUT2D eigenvalue weighted by atomic mass is 9.90. The molecule has 0 unspecified atom stereocenters. The monoisotopic (exact) mass is 510 g/mol. The van der Waals surface area contributed by atoms with E-state index >= 15 is 0 Å². The molecule has 0 aliphatic carbocycles. The van der Waals surface area contributed by atoms with Crippen LogP contribution in [0.5, 0.6) is 0 Å². The normalized spacial score (nSPS) is 15.2. The van der Waals surface area contributed by atoms with Gasteiger partial charge in [0.25, 0.3) is 0 Å². The lowest BCUT2D eigenvalue weighted by Crippen LogP contribution is -2.30. The zero-order valence-corrected chi connectivity index (χ0v) is 22.5. The Kier molecular flexibility index (Phi) is 7.16. The molecule has 1 aliphatic rings. The fourth-order valence-corrected chi connectivity index (χ4v) is 7.96. The Morgan fingerprint density at radius 2 is 1.05 bits per heavy atom. The quantitative estimate of drug-likeness (QED) is 0.224.